The van der Waals surface area contributed by atoms with Gasteiger partial charge in [-0.25, -0.2) is 19.2 Å². The van der Waals surface area contributed by atoms with Crippen molar-refractivity contribution in [3.63, 3.8) is 0 Å². The van der Waals surface area contributed by atoms with Crippen LogP contribution in [0.5, 0.6) is 34.5 Å². The summed E-state index contributed by atoms with van der Waals surface area (Å²) < 4.78 is 23.3. The standard InChI is InChI=1S/C60H38O10/c61-47-26-17-44(18-27-47)57(63)67-49-30-21-39(22-31-49)37-9-13-42(14-10-37)59(65)69-51-35-46-6-2-3-7-52(46)54(36-51)56-53-8-4-1-5-41(53)25-34-55(56)70-60(66)43-15-11-38(12-16-43)40-23-32-50(33-24-40)68-58(64)45-19-28-48(62)29-20-45/h1-36,61-62H. The van der Waals surface area contributed by atoms with Gasteiger partial charge in [0, 0.05) is 5.56 Å². The fourth-order valence-electron chi connectivity index (χ4n) is 8.04. The Morgan fingerprint density at radius 2 is 0.686 bits per heavy atom. The van der Waals surface area contributed by atoms with Crippen LogP contribution in [-0.4, -0.2) is 34.1 Å². The van der Waals surface area contributed by atoms with Crippen LogP contribution in [0.25, 0.3) is 54.9 Å². The molecule has 0 saturated heterocycles. The highest BCUT2D eigenvalue weighted by molar-refractivity contribution is 6.09. The van der Waals surface area contributed by atoms with Gasteiger partial charge in [-0.15, -0.1) is 0 Å². The minimum atomic E-state index is -0.570. The third kappa shape index (κ3) is 9.55. The summed E-state index contributed by atoms with van der Waals surface area (Å²) in [5.74, 6) is -0.808. The zero-order valence-electron chi connectivity index (χ0n) is 36.9. The molecule has 10 nitrogen and oxygen atoms in total. The summed E-state index contributed by atoms with van der Waals surface area (Å²) in [7, 11) is 0. The van der Waals surface area contributed by atoms with Gasteiger partial charge < -0.3 is 29.2 Å². The van der Waals surface area contributed by atoms with Crippen molar-refractivity contribution < 1.29 is 48.3 Å². The molecule has 0 atom stereocenters. The van der Waals surface area contributed by atoms with Gasteiger partial charge in [-0.1, -0.05) is 103 Å². The van der Waals surface area contributed by atoms with E-state index in [0.29, 0.717) is 56.4 Å². The third-order valence-corrected chi connectivity index (χ3v) is 11.7. The van der Waals surface area contributed by atoms with E-state index in [0.717, 1.165) is 43.8 Å². The quantitative estimate of drug-likeness (QED) is 0.0949. The molecule has 0 aliphatic rings. The Labute approximate surface area is 400 Å². The Morgan fingerprint density at radius 3 is 1.16 bits per heavy atom. The van der Waals surface area contributed by atoms with Gasteiger partial charge in [-0.05, 0) is 165 Å². The van der Waals surface area contributed by atoms with Crippen molar-refractivity contribution in [1.82, 2.24) is 0 Å². The number of ether oxygens (including phenoxy) is 4. The summed E-state index contributed by atoms with van der Waals surface area (Å²) in [4.78, 5) is 52.8. The van der Waals surface area contributed by atoms with Crippen LogP contribution in [0, 0.1) is 0 Å². The van der Waals surface area contributed by atoms with E-state index >= 15 is 0 Å². The highest BCUT2D eigenvalue weighted by Crippen LogP contribution is 2.43. The SMILES string of the molecule is O=C(Oc1ccc(-c2ccc(C(=O)Oc3cc(-c4c(OC(=O)c5ccc(-c6ccc(OC(=O)c7ccc(O)cc7)cc6)cc5)ccc5ccccc45)c4ccccc4c3)cc2)cc1)c1ccc(O)cc1. The van der Waals surface area contributed by atoms with Crippen LogP contribution in [0.4, 0.5) is 0 Å². The number of hydrogen-bond donors (Lipinski definition) is 2. The van der Waals surface area contributed by atoms with E-state index < -0.39 is 23.9 Å². The lowest BCUT2D eigenvalue weighted by atomic mass is 9.92. The summed E-state index contributed by atoms with van der Waals surface area (Å²) >= 11 is 0. The molecule has 0 unspecified atom stereocenters. The van der Waals surface area contributed by atoms with Crippen LogP contribution < -0.4 is 18.9 Å². The van der Waals surface area contributed by atoms with Crippen molar-refractivity contribution in [1.29, 1.82) is 0 Å². The zero-order chi connectivity index (χ0) is 48.1. The molecule has 0 bridgehead atoms. The molecule has 0 amide bonds. The average Bonchev–Trinajstić information content (AvgIpc) is 3.39. The Kier molecular flexibility index (Phi) is 12.1. The number of hydrogen-bond acceptors (Lipinski definition) is 10. The maximum atomic E-state index is 13.9. The maximum absolute atomic E-state index is 13.9. The molecular weight excluding hydrogens is 881 g/mol. The van der Waals surface area contributed by atoms with Crippen molar-refractivity contribution in [3.05, 3.63) is 241 Å². The number of phenols is 2. The van der Waals surface area contributed by atoms with Crippen LogP contribution in [0.1, 0.15) is 41.4 Å². The van der Waals surface area contributed by atoms with E-state index in [4.69, 9.17) is 18.9 Å². The second-order valence-corrected chi connectivity index (χ2v) is 16.2. The topological polar surface area (TPSA) is 146 Å². The number of carbonyl (C=O) groups is 4. The van der Waals surface area contributed by atoms with Crippen LogP contribution in [0.3, 0.4) is 0 Å². The summed E-state index contributed by atoms with van der Waals surface area (Å²) in [6.07, 6.45) is 0. The number of aromatic hydroxyl groups is 2. The smallest absolute Gasteiger partial charge is 0.343 e. The second-order valence-electron chi connectivity index (χ2n) is 16.2. The number of rotatable bonds is 11. The van der Waals surface area contributed by atoms with Crippen molar-refractivity contribution in [2.75, 3.05) is 0 Å². The fraction of sp³-hybridized carbons (Fsp3) is 0. The predicted molar refractivity (Wildman–Crippen MR) is 267 cm³/mol. The number of fused-ring (bicyclic) bond motifs is 2. The predicted octanol–water partition coefficient (Wildman–Crippen LogP) is 13.3. The molecule has 10 aromatic carbocycles. The van der Waals surface area contributed by atoms with Crippen LogP contribution in [-0.2, 0) is 0 Å². The Bertz CT molecular complexity index is 3580. The summed E-state index contributed by atoms with van der Waals surface area (Å²) in [6, 6.07) is 62.4. The second kappa shape index (κ2) is 19.2. The molecule has 0 aliphatic heterocycles. The van der Waals surface area contributed by atoms with Crippen LogP contribution in [0.15, 0.2) is 218 Å². The first-order valence-corrected chi connectivity index (χ1v) is 22.0. The van der Waals surface area contributed by atoms with Gasteiger partial charge in [-0.2, -0.15) is 0 Å². The molecule has 10 rings (SSSR count). The molecule has 0 aromatic heterocycles. The monoisotopic (exact) mass is 918 g/mol. The molecule has 10 heteroatoms. The first-order chi connectivity index (χ1) is 34.1. The highest BCUT2D eigenvalue weighted by atomic mass is 16.5. The Morgan fingerprint density at radius 1 is 0.314 bits per heavy atom. The number of esters is 4. The summed E-state index contributed by atoms with van der Waals surface area (Å²) in [6.45, 7) is 0. The van der Waals surface area contributed by atoms with Gasteiger partial charge in [0.2, 0.25) is 0 Å². The summed E-state index contributed by atoms with van der Waals surface area (Å²) in [5.41, 5.74) is 5.94. The lowest BCUT2D eigenvalue weighted by Crippen LogP contribution is -2.10. The van der Waals surface area contributed by atoms with E-state index in [1.54, 1.807) is 66.7 Å². The number of benzene rings is 10. The summed E-state index contributed by atoms with van der Waals surface area (Å²) in [5, 5.41) is 22.4. The van der Waals surface area contributed by atoms with Gasteiger partial charge in [0.1, 0.15) is 34.5 Å². The third-order valence-electron chi connectivity index (χ3n) is 11.7. The molecular formula is C60H38O10. The molecule has 70 heavy (non-hydrogen) atoms. The first kappa shape index (κ1) is 44.1. The maximum Gasteiger partial charge on any atom is 0.343 e. The molecule has 10 aromatic rings. The van der Waals surface area contributed by atoms with E-state index in [-0.39, 0.29) is 11.5 Å². The van der Waals surface area contributed by atoms with Crippen LogP contribution in [0.2, 0.25) is 0 Å². The minimum absolute atomic E-state index is 0.0519. The van der Waals surface area contributed by atoms with Crippen molar-refractivity contribution in [2.24, 2.45) is 0 Å². The van der Waals surface area contributed by atoms with Crippen LogP contribution >= 0.6 is 0 Å². The lowest BCUT2D eigenvalue weighted by molar-refractivity contribution is 0.0725. The normalized spacial score (nSPS) is 10.9. The molecule has 0 spiro atoms. The fourth-order valence-corrected chi connectivity index (χ4v) is 8.04. The highest BCUT2D eigenvalue weighted by Gasteiger charge is 2.21. The van der Waals surface area contributed by atoms with Crippen molar-refractivity contribution in [3.8, 4) is 67.9 Å². The molecule has 0 fully saturated rings. The van der Waals surface area contributed by atoms with Gasteiger partial charge in [0.05, 0.1) is 22.3 Å². The molecule has 0 aliphatic carbocycles. The lowest BCUT2D eigenvalue weighted by Gasteiger charge is -2.17. The number of carbonyl (C=O) groups excluding carboxylic acids is 4. The van der Waals surface area contributed by atoms with Gasteiger partial charge >= 0.3 is 23.9 Å². The molecule has 2 N–H and O–H groups in total. The first-order valence-electron chi connectivity index (χ1n) is 22.0. The molecule has 0 radical (unpaired) electrons. The van der Waals surface area contributed by atoms with Crippen molar-refractivity contribution in [2.45, 2.75) is 0 Å². The largest absolute Gasteiger partial charge is 0.508 e. The minimum Gasteiger partial charge on any atom is -0.508 e. The van der Waals surface area contributed by atoms with Gasteiger partial charge in [-0.3, -0.25) is 0 Å². The molecule has 0 heterocycles. The van der Waals surface area contributed by atoms with E-state index in [1.165, 1.54) is 48.5 Å². The van der Waals surface area contributed by atoms with Gasteiger partial charge in [0.15, 0.2) is 0 Å². The molecule has 0 saturated carbocycles. The van der Waals surface area contributed by atoms with E-state index in [2.05, 4.69) is 0 Å². The Balaban J connectivity index is 0.867. The molecule has 338 valence electrons. The zero-order valence-corrected chi connectivity index (χ0v) is 36.9. The van der Waals surface area contributed by atoms with E-state index in [9.17, 15) is 29.4 Å². The number of phenolic OH excluding ortho intramolecular Hbond substituents is 2. The van der Waals surface area contributed by atoms with Gasteiger partial charge in [0.25, 0.3) is 0 Å². The van der Waals surface area contributed by atoms with E-state index in [1.807, 2.05) is 103 Å². The Hall–Kier alpha value is -9.80. The van der Waals surface area contributed by atoms with Crippen molar-refractivity contribution >= 4 is 45.4 Å². The average molecular weight is 919 g/mol.